The molecule has 0 saturated heterocycles. The molecule has 0 N–H and O–H groups in total. The van der Waals surface area contributed by atoms with Crippen molar-refractivity contribution in [3.8, 4) is 5.69 Å². The monoisotopic (exact) mass is 514 g/mol. The molecule has 0 radical (unpaired) electrons. The highest BCUT2D eigenvalue weighted by molar-refractivity contribution is 8.15. The predicted molar refractivity (Wildman–Crippen MR) is 133 cm³/mol. The molecule has 0 spiro atoms. The standard InChI is InChI=1S/C23H22N4O6S2/c1-4-32-21(28)19-15(3)26(16-11-7-6-8-12-16)23(35-19)25-24-20(22(29)33-5-2)34-18-14-10-9-13-17(18)27(30)31/h6-14H,4-5H2,1-3H3. The van der Waals surface area contributed by atoms with Crippen LogP contribution in [-0.2, 0) is 14.3 Å². The molecule has 12 heteroatoms. The summed E-state index contributed by atoms with van der Waals surface area (Å²) in [6.45, 7) is 5.41. The van der Waals surface area contributed by atoms with Crippen LogP contribution in [0.2, 0.25) is 0 Å². The third-order valence-electron chi connectivity index (χ3n) is 4.47. The molecular formula is C23H22N4O6S2. The van der Waals surface area contributed by atoms with Crippen molar-refractivity contribution >= 4 is 45.8 Å². The fraction of sp³-hybridized carbons (Fsp3) is 0.217. The Bertz CT molecular complexity index is 1330. The number of nitro benzene ring substituents is 1. The molecule has 35 heavy (non-hydrogen) atoms. The maximum absolute atomic E-state index is 12.6. The summed E-state index contributed by atoms with van der Waals surface area (Å²) in [5.41, 5.74) is 1.15. The zero-order chi connectivity index (χ0) is 25.4. The first-order valence-corrected chi connectivity index (χ1v) is 12.2. The van der Waals surface area contributed by atoms with Crippen LogP contribution in [0.1, 0.15) is 29.2 Å². The SMILES string of the molecule is CCOC(=O)C(=NN=c1sc(C(=O)OCC)c(C)n1-c1ccccc1)Sc1ccccc1[N+](=O)[O-]. The van der Waals surface area contributed by atoms with E-state index in [2.05, 4.69) is 10.2 Å². The van der Waals surface area contributed by atoms with Gasteiger partial charge in [0, 0.05) is 17.4 Å². The van der Waals surface area contributed by atoms with Crippen molar-refractivity contribution < 1.29 is 24.0 Å². The Balaban J connectivity index is 2.16. The van der Waals surface area contributed by atoms with Crippen LogP contribution >= 0.6 is 23.1 Å². The summed E-state index contributed by atoms with van der Waals surface area (Å²) >= 11 is 1.84. The van der Waals surface area contributed by atoms with Gasteiger partial charge in [-0.2, -0.15) is 0 Å². The minimum atomic E-state index is -0.774. The van der Waals surface area contributed by atoms with Crippen molar-refractivity contribution in [1.29, 1.82) is 0 Å². The van der Waals surface area contributed by atoms with E-state index in [9.17, 15) is 19.7 Å². The van der Waals surface area contributed by atoms with E-state index in [4.69, 9.17) is 9.47 Å². The second-order valence-corrected chi connectivity index (χ2v) is 8.75. The molecule has 10 nitrogen and oxygen atoms in total. The van der Waals surface area contributed by atoms with Crippen molar-refractivity contribution in [2.75, 3.05) is 13.2 Å². The maximum Gasteiger partial charge on any atom is 0.365 e. The molecule has 0 unspecified atom stereocenters. The molecule has 0 atom stereocenters. The van der Waals surface area contributed by atoms with Crippen LogP contribution in [0.5, 0.6) is 0 Å². The fourth-order valence-electron chi connectivity index (χ4n) is 2.97. The molecule has 0 aliphatic carbocycles. The van der Waals surface area contributed by atoms with Crippen LogP contribution in [0.4, 0.5) is 5.69 Å². The third kappa shape index (κ3) is 6.22. The van der Waals surface area contributed by atoms with Gasteiger partial charge in [-0.1, -0.05) is 53.4 Å². The zero-order valence-corrected chi connectivity index (χ0v) is 20.8. The Labute approximate surface area is 209 Å². The number of hydrogen-bond donors (Lipinski definition) is 0. The van der Waals surface area contributed by atoms with E-state index in [1.165, 1.54) is 18.2 Å². The summed E-state index contributed by atoms with van der Waals surface area (Å²) in [7, 11) is 0. The largest absolute Gasteiger partial charge is 0.462 e. The number of para-hydroxylation sites is 2. The van der Waals surface area contributed by atoms with Gasteiger partial charge in [0.25, 0.3) is 5.69 Å². The number of nitrogens with zero attached hydrogens (tertiary/aromatic N) is 4. The fourth-order valence-corrected chi connectivity index (χ4v) is 4.78. The van der Waals surface area contributed by atoms with Gasteiger partial charge in [-0.3, -0.25) is 14.7 Å². The lowest BCUT2D eigenvalue weighted by Crippen LogP contribution is -2.17. The van der Waals surface area contributed by atoms with E-state index in [1.54, 1.807) is 31.4 Å². The summed E-state index contributed by atoms with van der Waals surface area (Å²) in [6, 6.07) is 15.2. The van der Waals surface area contributed by atoms with E-state index in [-0.39, 0.29) is 28.8 Å². The van der Waals surface area contributed by atoms with Gasteiger partial charge in [-0.25, -0.2) is 9.59 Å². The van der Waals surface area contributed by atoms with E-state index in [0.29, 0.717) is 15.4 Å². The van der Waals surface area contributed by atoms with Crippen molar-refractivity contribution in [2.45, 2.75) is 25.7 Å². The van der Waals surface area contributed by atoms with Gasteiger partial charge in [0.05, 0.1) is 23.0 Å². The van der Waals surface area contributed by atoms with E-state index >= 15 is 0 Å². The van der Waals surface area contributed by atoms with E-state index in [1.807, 2.05) is 30.3 Å². The molecule has 0 bridgehead atoms. The van der Waals surface area contributed by atoms with Gasteiger partial charge in [0.2, 0.25) is 9.85 Å². The number of ether oxygens (including phenoxy) is 2. The molecule has 0 amide bonds. The van der Waals surface area contributed by atoms with E-state index < -0.39 is 16.9 Å². The number of hydrogen-bond acceptors (Lipinski definition) is 10. The number of benzene rings is 2. The summed E-state index contributed by atoms with van der Waals surface area (Å²) in [5.74, 6) is -1.27. The molecule has 0 fully saturated rings. The van der Waals surface area contributed by atoms with Gasteiger partial charge < -0.3 is 9.47 Å². The first-order valence-electron chi connectivity index (χ1n) is 10.5. The number of nitro groups is 1. The molecule has 1 heterocycles. The number of carbonyl (C=O) groups is 2. The molecule has 1 aromatic heterocycles. The second-order valence-electron chi connectivity index (χ2n) is 6.74. The molecule has 3 aromatic rings. The van der Waals surface area contributed by atoms with Crippen LogP contribution in [0.3, 0.4) is 0 Å². The highest BCUT2D eigenvalue weighted by Gasteiger charge is 2.22. The highest BCUT2D eigenvalue weighted by atomic mass is 32.2. The van der Waals surface area contributed by atoms with Gasteiger partial charge >= 0.3 is 11.9 Å². The molecule has 0 aliphatic heterocycles. The molecule has 2 aromatic carbocycles. The predicted octanol–water partition coefficient (Wildman–Crippen LogP) is 4.50. The van der Waals surface area contributed by atoms with Gasteiger partial charge in [-0.15, -0.1) is 10.2 Å². The third-order valence-corrected chi connectivity index (χ3v) is 6.59. The van der Waals surface area contributed by atoms with Gasteiger partial charge in [0.1, 0.15) is 4.88 Å². The number of carbonyl (C=O) groups excluding carboxylic acids is 2. The average Bonchev–Trinajstić information content (AvgIpc) is 3.18. The molecular weight excluding hydrogens is 492 g/mol. The Morgan fingerprint density at radius 3 is 2.37 bits per heavy atom. The van der Waals surface area contributed by atoms with Crippen LogP contribution in [-0.4, -0.2) is 39.7 Å². The number of esters is 2. The Hall–Kier alpha value is -3.77. The van der Waals surface area contributed by atoms with Gasteiger partial charge in [0.15, 0.2) is 0 Å². The molecule has 0 saturated carbocycles. The Morgan fingerprint density at radius 2 is 1.71 bits per heavy atom. The lowest BCUT2D eigenvalue weighted by molar-refractivity contribution is -0.387. The van der Waals surface area contributed by atoms with Crippen LogP contribution in [0.25, 0.3) is 5.69 Å². The van der Waals surface area contributed by atoms with Gasteiger partial charge in [-0.05, 0) is 39.0 Å². The molecule has 0 aliphatic rings. The summed E-state index contributed by atoms with van der Waals surface area (Å²) < 4.78 is 12.0. The van der Waals surface area contributed by atoms with Crippen LogP contribution < -0.4 is 4.80 Å². The smallest absolute Gasteiger partial charge is 0.365 e. The topological polar surface area (TPSA) is 125 Å². The summed E-state index contributed by atoms with van der Waals surface area (Å²) in [5, 5.41) is 19.6. The second kappa shape index (κ2) is 12.1. The Kier molecular flexibility index (Phi) is 8.92. The normalized spacial score (nSPS) is 11.9. The number of rotatable bonds is 7. The highest BCUT2D eigenvalue weighted by Crippen LogP contribution is 2.30. The van der Waals surface area contributed by atoms with Crippen molar-refractivity contribution in [2.24, 2.45) is 10.2 Å². The Morgan fingerprint density at radius 1 is 1.06 bits per heavy atom. The zero-order valence-electron chi connectivity index (χ0n) is 19.2. The van der Waals surface area contributed by atoms with Crippen LogP contribution in [0.15, 0.2) is 69.7 Å². The van der Waals surface area contributed by atoms with Crippen molar-refractivity contribution in [3.05, 3.63) is 80.1 Å². The number of aromatic nitrogens is 1. The summed E-state index contributed by atoms with van der Waals surface area (Å²) in [4.78, 5) is 36.8. The lowest BCUT2D eigenvalue weighted by atomic mass is 10.3. The maximum atomic E-state index is 12.6. The lowest BCUT2D eigenvalue weighted by Gasteiger charge is -2.07. The van der Waals surface area contributed by atoms with Crippen molar-refractivity contribution in [1.82, 2.24) is 4.57 Å². The van der Waals surface area contributed by atoms with Crippen molar-refractivity contribution in [3.63, 3.8) is 0 Å². The number of thioether (sulfide) groups is 1. The molecule has 3 rings (SSSR count). The molecule has 182 valence electrons. The van der Waals surface area contributed by atoms with Crippen LogP contribution in [0, 0.1) is 17.0 Å². The summed E-state index contributed by atoms with van der Waals surface area (Å²) in [6.07, 6.45) is 0. The minimum absolute atomic E-state index is 0.0877. The average molecular weight is 515 g/mol. The minimum Gasteiger partial charge on any atom is -0.462 e. The first-order chi connectivity index (χ1) is 16.9. The number of thiazole rings is 1. The first kappa shape index (κ1) is 25.8. The quantitative estimate of drug-likeness (QED) is 0.113. The van der Waals surface area contributed by atoms with E-state index in [0.717, 1.165) is 28.8 Å².